The topological polar surface area (TPSA) is 32.8 Å². The maximum atomic E-state index is 10.1. The monoisotopic (exact) mass is 708 g/mol. The Hall–Kier alpha value is -0.320. The smallest absolute Gasteiger partial charge is 0.160 e. The normalized spacial score (nSPS) is 17.2. The van der Waals surface area contributed by atoms with Crippen molar-refractivity contribution in [1.82, 2.24) is 9.80 Å². The minimum absolute atomic E-state index is 0.0186. The first-order chi connectivity index (χ1) is 16.2. The molecule has 7 heteroatoms. The van der Waals surface area contributed by atoms with Crippen molar-refractivity contribution in [3.63, 3.8) is 0 Å². The van der Waals surface area contributed by atoms with Gasteiger partial charge in [-0.1, -0.05) is 72.5 Å². The van der Waals surface area contributed by atoms with Gasteiger partial charge >= 0.3 is 0 Å². The zero-order valence-corrected chi connectivity index (χ0v) is 26.9. The molecule has 1 spiro atoms. The predicted molar refractivity (Wildman–Crippen MR) is 160 cm³/mol. The van der Waals surface area contributed by atoms with E-state index < -0.39 is 0 Å². The van der Waals surface area contributed by atoms with Crippen molar-refractivity contribution >= 4 is 60.2 Å². The number of carbonyl (C=O) groups excluding carboxylic acids is 1. The second-order valence-electron chi connectivity index (χ2n) is 8.06. The van der Waals surface area contributed by atoms with Crippen LogP contribution in [0.3, 0.4) is 0 Å². The van der Waals surface area contributed by atoms with Crippen LogP contribution in [0.15, 0.2) is 45.3 Å². The highest BCUT2D eigenvalue weighted by molar-refractivity contribution is 14.1. The maximum absolute atomic E-state index is 10.1. The maximum Gasteiger partial charge on any atom is 0.160 e. The van der Waals surface area contributed by atoms with Gasteiger partial charge < -0.3 is 4.74 Å². The molecule has 2 saturated heterocycles. The average Bonchev–Trinajstić information content (AvgIpc) is 3.16. The lowest BCUT2D eigenvalue weighted by Gasteiger charge is -2.45. The van der Waals surface area contributed by atoms with E-state index in [1.165, 1.54) is 24.7 Å². The molecule has 3 aliphatic heterocycles. The van der Waals surface area contributed by atoms with Crippen molar-refractivity contribution in [2.24, 2.45) is 0 Å². The lowest BCUT2D eigenvalue weighted by molar-refractivity contribution is -0.132. The third kappa shape index (κ3) is 8.96. The first-order valence-electron chi connectivity index (χ1n) is 12.0. The molecule has 0 N–H and O–H groups in total. The van der Waals surface area contributed by atoms with Crippen LogP contribution in [0.1, 0.15) is 51.3 Å². The number of ketones is 1. The summed E-state index contributed by atoms with van der Waals surface area (Å²) < 4.78 is 9.57. The molecule has 2 fully saturated rings. The van der Waals surface area contributed by atoms with Crippen LogP contribution >= 0.6 is 54.5 Å². The molecule has 3 aliphatic rings. The number of nitrogens with zero attached hydrogens (tertiary/aromatic N) is 2. The Morgan fingerprint density at radius 1 is 0.941 bits per heavy atom. The van der Waals surface area contributed by atoms with Crippen LogP contribution in [0, 0.1) is 3.57 Å². The summed E-state index contributed by atoms with van der Waals surface area (Å²) in [5.41, 5.74) is 4.16. The molecule has 0 saturated carbocycles. The molecule has 3 heterocycles. The predicted octanol–water partition coefficient (Wildman–Crippen LogP) is 7.29. The van der Waals surface area contributed by atoms with Gasteiger partial charge in [0, 0.05) is 25.6 Å². The molecule has 0 atom stereocenters. The minimum Gasteiger partial charge on any atom is -0.363 e. The fourth-order valence-electron chi connectivity index (χ4n) is 3.88. The summed E-state index contributed by atoms with van der Waals surface area (Å²) in [7, 11) is 4.06. The number of benzene rings is 2. The fourth-order valence-corrected chi connectivity index (χ4v) is 5.41. The van der Waals surface area contributed by atoms with Crippen LogP contribution < -0.4 is 0 Å². The Morgan fingerprint density at radius 3 is 1.94 bits per heavy atom. The summed E-state index contributed by atoms with van der Waals surface area (Å²) in [5.74, 6) is 0.359. The van der Waals surface area contributed by atoms with E-state index in [1.54, 1.807) is 0 Å². The van der Waals surface area contributed by atoms with E-state index in [2.05, 4.69) is 110 Å². The van der Waals surface area contributed by atoms with Crippen molar-refractivity contribution in [1.29, 1.82) is 0 Å². The van der Waals surface area contributed by atoms with E-state index in [4.69, 9.17) is 4.74 Å². The number of likely N-dealkylation sites (N-methyl/N-ethyl adjacent to an activating group) is 2. The summed E-state index contributed by atoms with van der Waals surface area (Å²) in [6.45, 7) is 14.3. The zero-order valence-electron chi connectivity index (χ0n) is 21.6. The number of rotatable bonds is 1. The van der Waals surface area contributed by atoms with Crippen molar-refractivity contribution in [2.75, 3.05) is 40.3 Å². The summed E-state index contributed by atoms with van der Waals surface area (Å²) in [4.78, 5) is 14.3. The number of hydrogen-bond acceptors (Lipinski definition) is 4. The van der Waals surface area contributed by atoms with Gasteiger partial charge in [0.2, 0.25) is 0 Å². The molecule has 5 rings (SSSR count). The summed E-state index contributed by atoms with van der Waals surface area (Å²) in [6, 6.07) is 12.8. The summed E-state index contributed by atoms with van der Waals surface area (Å²) in [5, 5.41) is 0. The third-order valence-electron chi connectivity index (χ3n) is 5.39. The molecule has 2 aromatic rings. The Morgan fingerprint density at radius 2 is 1.50 bits per heavy atom. The third-order valence-corrected chi connectivity index (χ3v) is 7.43. The van der Waals surface area contributed by atoms with Crippen LogP contribution in [0.25, 0.3) is 0 Å². The van der Waals surface area contributed by atoms with E-state index in [0.29, 0.717) is 18.9 Å². The number of carbonyl (C=O) groups is 1. The lowest BCUT2D eigenvalue weighted by atomic mass is 9.86. The van der Waals surface area contributed by atoms with Crippen LogP contribution in [-0.4, -0.2) is 55.9 Å². The quantitative estimate of drug-likeness (QED) is 0.292. The number of aryl methyl sites for hydroxylation is 1. The summed E-state index contributed by atoms with van der Waals surface area (Å²) in [6.07, 6.45) is 1.11. The van der Waals surface area contributed by atoms with E-state index in [0.717, 1.165) is 30.6 Å². The van der Waals surface area contributed by atoms with E-state index in [-0.39, 0.29) is 5.60 Å². The first-order valence-corrected chi connectivity index (χ1v) is 14.6. The molecule has 2 aromatic carbocycles. The molecular weight excluding hydrogens is 671 g/mol. The van der Waals surface area contributed by atoms with Crippen LogP contribution in [-0.2, 0) is 28.2 Å². The number of hydrogen-bond donors (Lipinski definition) is 0. The lowest BCUT2D eigenvalue weighted by Crippen LogP contribution is -2.57. The molecule has 0 unspecified atom stereocenters. The van der Waals surface area contributed by atoms with Crippen LogP contribution in [0.4, 0.5) is 0 Å². The summed E-state index contributed by atoms with van der Waals surface area (Å²) >= 11 is 9.28. The Balaban J connectivity index is 0.000000254. The van der Waals surface area contributed by atoms with Gasteiger partial charge in [-0.25, -0.2) is 0 Å². The highest BCUT2D eigenvalue weighted by Gasteiger charge is 2.48. The minimum atomic E-state index is 0.0186. The van der Waals surface area contributed by atoms with E-state index >= 15 is 0 Å². The Kier molecular flexibility index (Phi) is 14.7. The van der Waals surface area contributed by atoms with Gasteiger partial charge in [-0.15, -0.1) is 0 Å². The second kappa shape index (κ2) is 15.7. The molecule has 34 heavy (non-hydrogen) atoms. The van der Waals surface area contributed by atoms with Crippen LogP contribution in [0.2, 0.25) is 0 Å². The SMILES string of the molecule is CC.CC.CCc1cc(Br)ccc1I.CN1CC(=O)C1.CN1CC2(C1)OCc1cc(Br)ccc12. The van der Waals surface area contributed by atoms with Crippen LogP contribution in [0.5, 0.6) is 0 Å². The molecule has 4 nitrogen and oxygen atoms in total. The molecule has 0 amide bonds. The number of likely N-dealkylation sites (tertiary alicyclic amines) is 2. The second-order valence-corrected chi connectivity index (χ2v) is 11.1. The van der Waals surface area contributed by atoms with Gasteiger partial charge in [-0.2, -0.15) is 0 Å². The molecule has 0 aliphatic carbocycles. The standard InChI is InChI=1S/C11H12BrNO.C8H8BrI.C4H7NO.2C2H6/c1-13-6-11(7-13)10-3-2-9(12)4-8(10)5-14-11;1-2-6-5-7(9)3-4-8(6)10;1-5-2-4(6)3-5;2*1-2/h2-4H,5-7H2,1H3;3-5H,2H2,1H3;2-3H2,1H3;2*1-2H3. The Bertz CT molecular complexity index is 909. The molecule has 0 radical (unpaired) electrons. The van der Waals surface area contributed by atoms with Gasteiger partial charge in [0.15, 0.2) is 5.78 Å². The van der Waals surface area contributed by atoms with E-state index in [9.17, 15) is 4.79 Å². The molecule has 0 aromatic heterocycles. The van der Waals surface area contributed by atoms with E-state index in [1.807, 2.05) is 39.6 Å². The van der Waals surface area contributed by atoms with Crippen molar-refractivity contribution in [3.8, 4) is 0 Å². The number of halogens is 3. The zero-order chi connectivity index (χ0) is 25.9. The number of ether oxygens (including phenoxy) is 1. The average molecular weight is 710 g/mol. The Labute approximate surface area is 237 Å². The van der Waals surface area contributed by atoms with Gasteiger partial charge in [0.25, 0.3) is 0 Å². The number of fused-ring (bicyclic) bond motifs is 2. The highest BCUT2D eigenvalue weighted by atomic mass is 127. The number of Topliss-reactive ketones (excluding diaryl/α,β-unsaturated/α-hetero) is 1. The van der Waals surface area contributed by atoms with Gasteiger partial charge in [0.1, 0.15) is 5.60 Å². The highest BCUT2D eigenvalue weighted by Crippen LogP contribution is 2.43. The first kappa shape index (κ1) is 31.7. The molecular formula is C27H39Br2IN2O2. The molecule has 190 valence electrons. The van der Waals surface area contributed by atoms with Crippen molar-refractivity contribution in [3.05, 3.63) is 65.6 Å². The fraction of sp³-hybridized carbons (Fsp3) is 0.519. The largest absolute Gasteiger partial charge is 0.363 e. The van der Waals surface area contributed by atoms with Crippen molar-refractivity contribution in [2.45, 2.75) is 53.2 Å². The van der Waals surface area contributed by atoms with Crippen molar-refractivity contribution < 1.29 is 9.53 Å². The van der Waals surface area contributed by atoms with Gasteiger partial charge in [-0.3, -0.25) is 14.6 Å². The van der Waals surface area contributed by atoms with Gasteiger partial charge in [0.05, 0.1) is 19.7 Å². The van der Waals surface area contributed by atoms with Gasteiger partial charge in [-0.05, 0) is 90.1 Å². The molecule has 0 bridgehead atoms.